The van der Waals surface area contributed by atoms with Crippen molar-refractivity contribution in [2.75, 3.05) is 77.5 Å². The van der Waals surface area contributed by atoms with E-state index in [4.69, 9.17) is 25.8 Å². The second kappa shape index (κ2) is 29.9. The number of ether oxygens (including phenoxy) is 2. The molecule has 8 nitrogen and oxygen atoms in total. The summed E-state index contributed by atoms with van der Waals surface area (Å²) in [5, 5.41) is 29.9. The lowest BCUT2D eigenvalue weighted by molar-refractivity contribution is 0.0694. The van der Waals surface area contributed by atoms with Gasteiger partial charge in [-0.1, -0.05) is 51.1 Å². The number of nitrogens with one attached hydrogen (secondary N) is 1. The Morgan fingerprint density at radius 2 is 1.32 bits per heavy atom. The summed E-state index contributed by atoms with van der Waals surface area (Å²) in [4.78, 5) is 2.33. The molecule has 10 heteroatoms. The van der Waals surface area contributed by atoms with E-state index in [2.05, 4.69) is 46.8 Å². The van der Waals surface area contributed by atoms with Gasteiger partial charge in [0, 0.05) is 62.6 Å². The molecule has 0 spiro atoms. The number of methoxy groups -OCH3 is 2. The number of nitrogens with two attached hydrogens (primary N) is 1. The third kappa shape index (κ3) is 24.3. The average Bonchev–Trinajstić information content (AvgIpc) is 2.76. The number of nitrogens with zero attached hydrogens (tertiary/aromatic N) is 1. The van der Waals surface area contributed by atoms with E-state index in [1.165, 1.54) is 57.8 Å². The summed E-state index contributed by atoms with van der Waals surface area (Å²) in [6, 6.07) is 2.00. The second-order valence-electron chi connectivity index (χ2n) is 8.43. The summed E-state index contributed by atoms with van der Waals surface area (Å²) in [7, 11) is 3.40. The van der Waals surface area contributed by atoms with Gasteiger partial charge in [-0.15, -0.1) is 0 Å². The molecule has 0 saturated heterocycles. The van der Waals surface area contributed by atoms with Gasteiger partial charge in [0.05, 0.1) is 33.0 Å². The van der Waals surface area contributed by atoms with Gasteiger partial charge in [-0.2, -0.15) is 0 Å². The minimum atomic E-state index is 0.236. The van der Waals surface area contributed by atoms with Crippen LogP contribution >= 0.6 is 31.9 Å². The highest BCUT2D eigenvalue weighted by Gasteiger charge is 2.23. The fourth-order valence-electron chi connectivity index (χ4n) is 2.96. The number of aliphatic hydroxyl groups excluding tert-OH is 3. The summed E-state index contributed by atoms with van der Waals surface area (Å²) in [5.41, 5.74) is 5.38. The van der Waals surface area contributed by atoms with Crippen molar-refractivity contribution in [2.24, 2.45) is 5.73 Å². The van der Waals surface area contributed by atoms with Gasteiger partial charge >= 0.3 is 0 Å². The minimum absolute atomic E-state index is 0.236. The fourth-order valence-corrected chi connectivity index (χ4v) is 3.29. The monoisotopic (exact) mass is 621 g/mol. The van der Waals surface area contributed by atoms with E-state index >= 15 is 0 Å². The van der Waals surface area contributed by atoms with Crippen LogP contribution in [0.2, 0.25) is 0 Å². The molecule has 0 bridgehead atoms. The van der Waals surface area contributed by atoms with E-state index in [9.17, 15) is 0 Å². The maximum atomic E-state index is 8.82. The third-order valence-corrected chi connectivity index (χ3v) is 6.40. The lowest BCUT2D eigenvalue weighted by atomic mass is 9.91. The van der Waals surface area contributed by atoms with Gasteiger partial charge in [-0.05, 0) is 38.5 Å². The molecule has 3 rings (SSSR count). The van der Waals surface area contributed by atoms with Crippen LogP contribution in [0.1, 0.15) is 57.8 Å². The van der Waals surface area contributed by atoms with Crippen molar-refractivity contribution in [1.82, 2.24) is 10.2 Å². The number of aliphatic hydroxyl groups is 3. The van der Waals surface area contributed by atoms with Crippen LogP contribution in [0.5, 0.6) is 0 Å². The molecule has 0 aliphatic heterocycles. The first-order chi connectivity index (χ1) is 16.5. The van der Waals surface area contributed by atoms with Crippen molar-refractivity contribution in [3.63, 3.8) is 0 Å². The van der Waals surface area contributed by atoms with Gasteiger partial charge < -0.3 is 35.8 Å². The zero-order valence-corrected chi connectivity index (χ0v) is 24.8. The van der Waals surface area contributed by atoms with E-state index in [0.29, 0.717) is 17.4 Å². The highest BCUT2D eigenvalue weighted by Crippen LogP contribution is 2.24. The van der Waals surface area contributed by atoms with Crippen LogP contribution in [0.15, 0.2) is 0 Å². The number of alkyl halides is 2. The standard InChI is InChI=1S/C9H19NO2.C6H13NO.C4H9N.C3H7BrO.C2H5BrO/c1-12-8-6-10(5-7-11)9-3-2-4-9;8-5-4-7-6-2-1-3-6;5-4-2-1-3-4;1-5-3-2-4;3-1-2-4/h9,11H,2-8H2,1H3;6-8H,1-5H2;4H,1-3,5H2;2-3H2,1H3;4H,1-2H2. The number of rotatable bonds is 12. The van der Waals surface area contributed by atoms with Crippen LogP contribution < -0.4 is 11.1 Å². The van der Waals surface area contributed by atoms with E-state index in [0.717, 1.165) is 44.2 Å². The van der Waals surface area contributed by atoms with Crippen molar-refractivity contribution in [1.29, 1.82) is 0 Å². The summed E-state index contributed by atoms with van der Waals surface area (Å²) in [6.45, 7) is 4.88. The number of hydrogen-bond acceptors (Lipinski definition) is 8. The van der Waals surface area contributed by atoms with E-state index in [-0.39, 0.29) is 19.8 Å². The molecule has 0 amide bonds. The molecule has 0 unspecified atom stereocenters. The molecular formula is C24H53Br2N3O5. The van der Waals surface area contributed by atoms with Crippen LogP contribution in [0.4, 0.5) is 0 Å². The van der Waals surface area contributed by atoms with E-state index < -0.39 is 0 Å². The first kappa shape index (κ1) is 36.8. The smallest absolute Gasteiger partial charge is 0.0589 e. The Hall–Kier alpha value is 0.640. The molecule has 3 saturated carbocycles. The Kier molecular flexibility index (Phi) is 32.3. The summed E-state index contributed by atoms with van der Waals surface area (Å²) in [5.74, 6) is 0. The molecule has 208 valence electrons. The van der Waals surface area contributed by atoms with Gasteiger partial charge in [0.15, 0.2) is 0 Å². The molecular weight excluding hydrogens is 570 g/mol. The molecule has 0 aromatic carbocycles. The Morgan fingerprint density at radius 3 is 1.56 bits per heavy atom. The molecule has 0 radical (unpaired) electrons. The zero-order chi connectivity index (χ0) is 25.9. The highest BCUT2D eigenvalue weighted by molar-refractivity contribution is 9.09. The van der Waals surface area contributed by atoms with Crippen molar-refractivity contribution in [2.45, 2.75) is 75.9 Å². The van der Waals surface area contributed by atoms with Crippen molar-refractivity contribution in [3.8, 4) is 0 Å². The molecule has 0 atom stereocenters. The van der Waals surface area contributed by atoms with Gasteiger partial charge in [-0.3, -0.25) is 4.90 Å². The molecule has 0 aromatic heterocycles. The van der Waals surface area contributed by atoms with Gasteiger partial charge in [0.25, 0.3) is 0 Å². The topological polar surface area (TPSA) is 120 Å². The van der Waals surface area contributed by atoms with E-state index in [1.807, 2.05) is 0 Å². The van der Waals surface area contributed by atoms with Gasteiger partial charge in [0.2, 0.25) is 0 Å². The Balaban J connectivity index is 0. The molecule has 0 heterocycles. The quantitative estimate of drug-likeness (QED) is 0.211. The summed E-state index contributed by atoms with van der Waals surface area (Å²) < 4.78 is 9.66. The maximum Gasteiger partial charge on any atom is 0.0589 e. The zero-order valence-electron chi connectivity index (χ0n) is 21.6. The molecule has 6 N–H and O–H groups in total. The Morgan fingerprint density at radius 1 is 0.794 bits per heavy atom. The lowest BCUT2D eigenvalue weighted by Gasteiger charge is -2.37. The third-order valence-electron chi connectivity index (χ3n) is 5.73. The van der Waals surface area contributed by atoms with Crippen molar-refractivity contribution < 1.29 is 24.8 Å². The molecule has 3 aliphatic carbocycles. The van der Waals surface area contributed by atoms with Crippen LogP contribution in [0, 0.1) is 0 Å². The van der Waals surface area contributed by atoms with Gasteiger partial charge in [-0.25, -0.2) is 0 Å². The highest BCUT2D eigenvalue weighted by atomic mass is 79.9. The normalized spacial score (nSPS) is 17.2. The maximum absolute atomic E-state index is 8.82. The molecule has 3 fully saturated rings. The average molecular weight is 624 g/mol. The fraction of sp³-hybridized carbons (Fsp3) is 1.00. The van der Waals surface area contributed by atoms with Crippen LogP contribution in [0.3, 0.4) is 0 Å². The molecule has 34 heavy (non-hydrogen) atoms. The van der Waals surface area contributed by atoms with Crippen molar-refractivity contribution >= 4 is 31.9 Å². The van der Waals surface area contributed by atoms with Crippen molar-refractivity contribution in [3.05, 3.63) is 0 Å². The van der Waals surface area contributed by atoms with Crippen LogP contribution in [-0.4, -0.2) is 116 Å². The van der Waals surface area contributed by atoms with Crippen LogP contribution in [-0.2, 0) is 9.47 Å². The second-order valence-corrected chi connectivity index (χ2v) is 10.0. The SMILES string of the molecule is COCCBr.COCCN(CCO)C1CCC1.NC1CCC1.OCCBr.OCCNC1CCC1. The van der Waals surface area contributed by atoms with Crippen LogP contribution in [0.25, 0.3) is 0 Å². The first-order valence-electron chi connectivity index (χ1n) is 12.7. The molecule has 3 aliphatic rings. The minimum Gasteiger partial charge on any atom is -0.396 e. The number of halogens is 2. The summed E-state index contributed by atoms with van der Waals surface area (Å²) >= 11 is 6.18. The predicted octanol–water partition coefficient (Wildman–Crippen LogP) is 2.50. The predicted molar refractivity (Wildman–Crippen MR) is 149 cm³/mol. The lowest BCUT2D eigenvalue weighted by Crippen LogP contribution is -2.43. The van der Waals surface area contributed by atoms with Gasteiger partial charge in [0.1, 0.15) is 0 Å². The largest absolute Gasteiger partial charge is 0.396 e. The van der Waals surface area contributed by atoms with E-state index in [1.54, 1.807) is 14.2 Å². The summed E-state index contributed by atoms with van der Waals surface area (Å²) in [6.07, 6.45) is 11.8. The molecule has 0 aromatic rings. The Bertz CT molecular complexity index is 375. The Labute approximate surface area is 225 Å². The first-order valence-corrected chi connectivity index (χ1v) is 14.9. The number of hydrogen-bond donors (Lipinski definition) is 5.